The van der Waals surface area contributed by atoms with Crippen LogP contribution in [0.15, 0.2) is 17.8 Å². The summed E-state index contributed by atoms with van der Waals surface area (Å²) in [5.41, 5.74) is 2.27. The van der Waals surface area contributed by atoms with Gasteiger partial charge < -0.3 is 15.1 Å². The maximum Gasteiger partial charge on any atom is 0.225 e. The van der Waals surface area contributed by atoms with Crippen molar-refractivity contribution in [2.24, 2.45) is 0 Å². The normalized spacial score (nSPS) is 19.0. The predicted octanol–water partition coefficient (Wildman–Crippen LogP) is 1.85. The van der Waals surface area contributed by atoms with E-state index in [1.54, 1.807) is 11.3 Å². The number of anilines is 1. The van der Waals surface area contributed by atoms with Crippen molar-refractivity contribution in [2.45, 2.75) is 31.8 Å². The topological polar surface area (TPSA) is 57.2 Å². The molecule has 7 heteroatoms. The second-order valence-corrected chi connectivity index (χ2v) is 7.63. The standard InChI is InChI=1S/C17H24N6S/c1-22-4-6-23(7-5-22)17-19-9-13(10-20-17)8-18-11-15-12-24-16(21-15)14-2-3-14/h9-10,12,14,18H,2-8,11H2,1H3. The van der Waals surface area contributed by atoms with Gasteiger partial charge in [0.25, 0.3) is 0 Å². The van der Waals surface area contributed by atoms with Crippen molar-refractivity contribution in [1.29, 1.82) is 0 Å². The van der Waals surface area contributed by atoms with E-state index in [4.69, 9.17) is 4.98 Å². The number of hydrogen-bond donors (Lipinski definition) is 1. The second kappa shape index (κ2) is 7.13. The summed E-state index contributed by atoms with van der Waals surface area (Å²) in [7, 11) is 2.16. The van der Waals surface area contributed by atoms with E-state index >= 15 is 0 Å². The minimum atomic E-state index is 0.749. The monoisotopic (exact) mass is 344 g/mol. The van der Waals surface area contributed by atoms with Crippen LogP contribution in [0.4, 0.5) is 5.95 Å². The molecule has 1 aliphatic heterocycles. The van der Waals surface area contributed by atoms with Crippen molar-refractivity contribution in [2.75, 3.05) is 38.1 Å². The van der Waals surface area contributed by atoms with Crippen LogP contribution in [-0.2, 0) is 13.1 Å². The fourth-order valence-electron chi connectivity index (χ4n) is 2.87. The maximum absolute atomic E-state index is 4.70. The Morgan fingerprint density at radius 2 is 1.88 bits per heavy atom. The first-order valence-electron chi connectivity index (χ1n) is 8.67. The van der Waals surface area contributed by atoms with Crippen molar-refractivity contribution in [3.05, 3.63) is 34.0 Å². The SMILES string of the molecule is CN1CCN(c2ncc(CNCc3csc(C4CC4)n3)cn2)CC1. The average Bonchev–Trinajstić information content (AvgIpc) is 3.36. The van der Waals surface area contributed by atoms with Crippen LogP contribution in [0.5, 0.6) is 0 Å². The lowest BCUT2D eigenvalue weighted by Gasteiger charge is -2.32. The summed E-state index contributed by atoms with van der Waals surface area (Å²) < 4.78 is 0. The third kappa shape index (κ3) is 3.91. The summed E-state index contributed by atoms with van der Waals surface area (Å²) in [4.78, 5) is 18.4. The molecule has 3 heterocycles. The number of aromatic nitrogens is 3. The van der Waals surface area contributed by atoms with E-state index in [2.05, 4.69) is 37.5 Å². The van der Waals surface area contributed by atoms with Gasteiger partial charge in [-0.25, -0.2) is 15.0 Å². The molecule has 0 unspecified atom stereocenters. The lowest BCUT2D eigenvalue weighted by atomic mass is 10.3. The van der Waals surface area contributed by atoms with Gasteiger partial charge in [-0.2, -0.15) is 0 Å². The summed E-state index contributed by atoms with van der Waals surface area (Å²) >= 11 is 1.80. The molecule has 4 rings (SSSR count). The Balaban J connectivity index is 1.25. The van der Waals surface area contributed by atoms with Gasteiger partial charge in [0.05, 0.1) is 10.7 Å². The van der Waals surface area contributed by atoms with Gasteiger partial charge in [0, 0.05) is 68.5 Å². The number of nitrogens with one attached hydrogen (secondary N) is 1. The first kappa shape index (κ1) is 15.9. The van der Waals surface area contributed by atoms with Crippen LogP contribution >= 0.6 is 11.3 Å². The van der Waals surface area contributed by atoms with E-state index in [1.165, 1.54) is 17.8 Å². The molecule has 2 aromatic rings. The Morgan fingerprint density at radius 1 is 1.12 bits per heavy atom. The lowest BCUT2D eigenvalue weighted by molar-refractivity contribution is 0.311. The average molecular weight is 344 g/mol. The molecule has 24 heavy (non-hydrogen) atoms. The van der Waals surface area contributed by atoms with Crippen molar-refractivity contribution in [3.8, 4) is 0 Å². The van der Waals surface area contributed by atoms with E-state index in [1.807, 2.05) is 12.4 Å². The first-order valence-corrected chi connectivity index (χ1v) is 9.55. The Morgan fingerprint density at radius 3 is 2.58 bits per heavy atom. The molecule has 1 N–H and O–H groups in total. The largest absolute Gasteiger partial charge is 0.338 e. The van der Waals surface area contributed by atoms with Gasteiger partial charge in [-0.3, -0.25) is 0 Å². The number of nitrogens with zero attached hydrogens (tertiary/aromatic N) is 5. The minimum absolute atomic E-state index is 0.749. The van der Waals surface area contributed by atoms with Crippen molar-refractivity contribution >= 4 is 17.3 Å². The van der Waals surface area contributed by atoms with Gasteiger partial charge in [-0.05, 0) is 19.9 Å². The van der Waals surface area contributed by atoms with E-state index < -0.39 is 0 Å². The summed E-state index contributed by atoms with van der Waals surface area (Å²) in [6, 6.07) is 0. The molecule has 6 nitrogen and oxygen atoms in total. The van der Waals surface area contributed by atoms with Gasteiger partial charge in [0.15, 0.2) is 0 Å². The molecule has 1 aliphatic carbocycles. The summed E-state index contributed by atoms with van der Waals surface area (Å²) in [6.45, 7) is 5.73. The van der Waals surface area contributed by atoms with Crippen LogP contribution < -0.4 is 10.2 Å². The van der Waals surface area contributed by atoms with Crippen LogP contribution in [0.25, 0.3) is 0 Å². The Hall–Kier alpha value is -1.57. The molecule has 0 bridgehead atoms. The van der Waals surface area contributed by atoms with Crippen LogP contribution in [0.3, 0.4) is 0 Å². The molecule has 2 fully saturated rings. The zero-order valence-electron chi connectivity index (χ0n) is 14.1. The van der Waals surface area contributed by atoms with Crippen molar-refractivity contribution in [1.82, 2.24) is 25.2 Å². The minimum Gasteiger partial charge on any atom is -0.338 e. The van der Waals surface area contributed by atoms with Crippen LogP contribution in [0.1, 0.15) is 35.0 Å². The first-order chi connectivity index (χ1) is 11.8. The lowest BCUT2D eigenvalue weighted by Crippen LogP contribution is -2.45. The number of rotatable bonds is 6. The molecule has 0 spiro atoms. The molecule has 0 amide bonds. The summed E-state index contributed by atoms with van der Waals surface area (Å²) in [6.07, 6.45) is 6.50. The quantitative estimate of drug-likeness (QED) is 0.863. The van der Waals surface area contributed by atoms with Gasteiger partial charge in [0.1, 0.15) is 0 Å². The van der Waals surface area contributed by atoms with Crippen LogP contribution in [0, 0.1) is 0 Å². The molecule has 0 radical (unpaired) electrons. The predicted molar refractivity (Wildman–Crippen MR) is 96.4 cm³/mol. The number of likely N-dealkylation sites (N-methyl/N-ethyl adjacent to an activating group) is 1. The highest BCUT2D eigenvalue weighted by Gasteiger charge is 2.26. The molecule has 1 saturated carbocycles. The van der Waals surface area contributed by atoms with Crippen molar-refractivity contribution < 1.29 is 0 Å². The van der Waals surface area contributed by atoms with E-state index in [-0.39, 0.29) is 0 Å². The highest BCUT2D eigenvalue weighted by atomic mass is 32.1. The Labute approximate surface area is 146 Å². The number of piperazine rings is 1. The van der Waals surface area contributed by atoms with Gasteiger partial charge in [-0.1, -0.05) is 0 Å². The zero-order chi connectivity index (χ0) is 16.4. The maximum atomic E-state index is 4.70. The third-order valence-corrected chi connectivity index (χ3v) is 5.67. The van der Waals surface area contributed by atoms with Crippen molar-refractivity contribution in [3.63, 3.8) is 0 Å². The van der Waals surface area contributed by atoms with E-state index in [0.29, 0.717) is 0 Å². The number of hydrogen-bond acceptors (Lipinski definition) is 7. The van der Waals surface area contributed by atoms with Crippen LogP contribution in [0.2, 0.25) is 0 Å². The third-order valence-electron chi connectivity index (χ3n) is 4.61. The fraction of sp³-hybridized carbons (Fsp3) is 0.588. The molecule has 0 atom stereocenters. The highest BCUT2D eigenvalue weighted by molar-refractivity contribution is 7.09. The fourth-order valence-corrected chi connectivity index (χ4v) is 3.86. The smallest absolute Gasteiger partial charge is 0.225 e. The molecule has 0 aromatic carbocycles. The molecular formula is C17H24N6S. The molecule has 128 valence electrons. The molecular weight excluding hydrogens is 320 g/mol. The Bertz CT molecular complexity index is 658. The van der Waals surface area contributed by atoms with Gasteiger partial charge in [0.2, 0.25) is 5.95 Å². The van der Waals surface area contributed by atoms with E-state index in [9.17, 15) is 0 Å². The summed E-state index contributed by atoms with van der Waals surface area (Å²) in [5.74, 6) is 1.60. The molecule has 2 aromatic heterocycles. The molecule has 1 saturated heterocycles. The number of thiazole rings is 1. The molecule has 2 aliphatic rings. The van der Waals surface area contributed by atoms with Gasteiger partial charge >= 0.3 is 0 Å². The highest BCUT2D eigenvalue weighted by Crippen LogP contribution is 2.41. The summed E-state index contributed by atoms with van der Waals surface area (Å²) in [5, 5.41) is 6.93. The van der Waals surface area contributed by atoms with Gasteiger partial charge in [-0.15, -0.1) is 11.3 Å². The zero-order valence-corrected chi connectivity index (χ0v) is 14.9. The second-order valence-electron chi connectivity index (χ2n) is 6.74. The van der Waals surface area contributed by atoms with Crippen LogP contribution in [-0.4, -0.2) is 53.1 Å². The Kier molecular flexibility index (Phi) is 4.73. The van der Waals surface area contributed by atoms with E-state index in [0.717, 1.165) is 62.4 Å².